The number of aryl methyl sites for hydroxylation is 1. The Hall–Kier alpha value is -2.36. The van der Waals surface area contributed by atoms with Crippen molar-refractivity contribution >= 4 is 15.7 Å². The lowest BCUT2D eigenvalue weighted by Gasteiger charge is -2.35. The van der Waals surface area contributed by atoms with Crippen LogP contribution in [-0.4, -0.2) is 42.3 Å². The number of benzene rings is 1. The highest BCUT2D eigenvalue weighted by atomic mass is 32.2. The molecule has 9 heteroatoms. The largest absolute Gasteiger partial charge is 0.313 e. The van der Waals surface area contributed by atoms with Crippen molar-refractivity contribution in [3.8, 4) is 0 Å². The fourth-order valence-corrected chi connectivity index (χ4v) is 4.70. The normalized spacial score (nSPS) is 18.8. The molecule has 1 N–H and O–H groups in total. The molecule has 1 aliphatic heterocycles. The molecule has 1 aromatic carbocycles. The van der Waals surface area contributed by atoms with Gasteiger partial charge in [-0.15, -0.1) is 0 Å². The third-order valence-electron chi connectivity index (χ3n) is 4.16. The molecule has 8 nitrogen and oxygen atoms in total. The van der Waals surface area contributed by atoms with E-state index in [1.165, 1.54) is 16.4 Å². The first-order chi connectivity index (χ1) is 11.9. The van der Waals surface area contributed by atoms with Crippen LogP contribution in [0.4, 0.5) is 5.69 Å². The van der Waals surface area contributed by atoms with Gasteiger partial charge in [-0.1, -0.05) is 12.1 Å². The summed E-state index contributed by atoms with van der Waals surface area (Å²) in [6.45, 7) is 2.82. The van der Waals surface area contributed by atoms with Gasteiger partial charge in [0.25, 0.3) is 15.7 Å². The molecule has 1 atom stereocenters. The fraction of sp³-hybridized carbons (Fsp3) is 0.312. The minimum atomic E-state index is -4.03. The van der Waals surface area contributed by atoms with Gasteiger partial charge in [0.2, 0.25) is 0 Å². The average Bonchev–Trinajstić information content (AvgIpc) is 2.62. The number of rotatable bonds is 4. The SMILES string of the molecule is Cc1ccc(S(=O)(=O)N2CCNCC2c2cccnc2)c([N+](=O)[O-])c1. The van der Waals surface area contributed by atoms with Gasteiger partial charge in [-0.05, 0) is 30.2 Å². The molecule has 0 spiro atoms. The summed E-state index contributed by atoms with van der Waals surface area (Å²) >= 11 is 0. The quantitative estimate of drug-likeness (QED) is 0.655. The minimum Gasteiger partial charge on any atom is -0.313 e. The van der Waals surface area contributed by atoms with Gasteiger partial charge in [0, 0.05) is 38.1 Å². The number of pyridine rings is 1. The van der Waals surface area contributed by atoms with Crippen LogP contribution in [-0.2, 0) is 10.0 Å². The highest BCUT2D eigenvalue weighted by Gasteiger charge is 2.38. The molecule has 0 amide bonds. The van der Waals surface area contributed by atoms with Crippen molar-refractivity contribution in [1.82, 2.24) is 14.6 Å². The Labute approximate surface area is 145 Å². The molecule has 0 aliphatic carbocycles. The van der Waals surface area contributed by atoms with E-state index in [1.54, 1.807) is 37.5 Å². The van der Waals surface area contributed by atoms with Crippen LogP contribution in [0.25, 0.3) is 0 Å². The number of nitro groups is 1. The smallest absolute Gasteiger partial charge is 0.289 e. The molecular weight excluding hydrogens is 344 g/mol. The number of piperazine rings is 1. The maximum absolute atomic E-state index is 13.2. The van der Waals surface area contributed by atoms with Gasteiger partial charge in [0.1, 0.15) is 0 Å². The van der Waals surface area contributed by atoms with Gasteiger partial charge in [-0.2, -0.15) is 4.31 Å². The Kier molecular flexibility index (Phi) is 4.80. The zero-order chi connectivity index (χ0) is 18.0. The summed E-state index contributed by atoms with van der Waals surface area (Å²) in [6, 6.07) is 7.24. The zero-order valence-electron chi connectivity index (χ0n) is 13.6. The maximum atomic E-state index is 13.2. The zero-order valence-corrected chi connectivity index (χ0v) is 14.4. The van der Waals surface area contributed by atoms with Gasteiger partial charge >= 0.3 is 0 Å². The molecule has 1 saturated heterocycles. The lowest BCUT2D eigenvalue weighted by atomic mass is 10.1. The topological polar surface area (TPSA) is 105 Å². The molecule has 3 rings (SSSR count). The van der Waals surface area contributed by atoms with E-state index in [0.29, 0.717) is 18.7 Å². The molecular formula is C16H18N4O4S. The first-order valence-corrected chi connectivity index (χ1v) is 9.23. The molecule has 0 saturated carbocycles. The van der Waals surface area contributed by atoms with E-state index in [1.807, 2.05) is 0 Å². The Bertz CT molecular complexity index is 886. The first kappa shape index (κ1) is 17.5. The van der Waals surface area contributed by atoms with E-state index in [0.717, 1.165) is 5.56 Å². The van der Waals surface area contributed by atoms with Gasteiger partial charge in [0.15, 0.2) is 4.90 Å². The molecule has 1 aromatic heterocycles. The van der Waals surface area contributed by atoms with E-state index >= 15 is 0 Å². The summed E-state index contributed by atoms with van der Waals surface area (Å²) in [4.78, 5) is 14.5. The Morgan fingerprint density at radius 1 is 1.36 bits per heavy atom. The number of nitrogens with one attached hydrogen (secondary N) is 1. The van der Waals surface area contributed by atoms with Gasteiger partial charge in [0.05, 0.1) is 11.0 Å². The summed E-state index contributed by atoms with van der Waals surface area (Å²) in [6.07, 6.45) is 3.23. The highest BCUT2D eigenvalue weighted by molar-refractivity contribution is 7.89. The average molecular weight is 362 g/mol. The van der Waals surface area contributed by atoms with E-state index in [9.17, 15) is 18.5 Å². The second-order valence-electron chi connectivity index (χ2n) is 5.85. The Morgan fingerprint density at radius 3 is 2.84 bits per heavy atom. The predicted octanol–water partition coefficient (Wildman–Crippen LogP) is 1.63. The molecule has 0 bridgehead atoms. The molecule has 2 aromatic rings. The van der Waals surface area contributed by atoms with E-state index in [-0.39, 0.29) is 11.4 Å². The van der Waals surface area contributed by atoms with Crippen LogP contribution in [0.5, 0.6) is 0 Å². The standard InChI is InChI=1S/C16H18N4O4S/c1-12-4-5-16(14(9-12)20(21)22)25(23,24)19-8-7-18-11-15(19)13-3-2-6-17-10-13/h2-6,9-10,15,18H,7-8,11H2,1H3. The van der Waals surface area contributed by atoms with Crippen LogP contribution in [0.3, 0.4) is 0 Å². The lowest BCUT2D eigenvalue weighted by Crippen LogP contribution is -2.48. The van der Waals surface area contributed by atoms with Crippen LogP contribution in [0.15, 0.2) is 47.6 Å². The van der Waals surface area contributed by atoms with Gasteiger partial charge < -0.3 is 5.32 Å². The van der Waals surface area contributed by atoms with E-state index < -0.39 is 26.7 Å². The molecule has 2 heterocycles. The maximum Gasteiger partial charge on any atom is 0.289 e. The number of aromatic nitrogens is 1. The number of sulfonamides is 1. The second-order valence-corrected chi connectivity index (χ2v) is 7.71. The van der Waals surface area contributed by atoms with Gasteiger partial charge in [-0.25, -0.2) is 8.42 Å². The third-order valence-corrected chi connectivity index (χ3v) is 6.12. The van der Waals surface area contributed by atoms with Crippen molar-refractivity contribution in [1.29, 1.82) is 0 Å². The van der Waals surface area contributed by atoms with Gasteiger partial charge in [-0.3, -0.25) is 15.1 Å². The van der Waals surface area contributed by atoms with Crippen molar-refractivity contribution in [2.24, 2.45) is 0 Å². The molecule has 1 fully saturated rings. The summed E-state index contributed by atoms with van der Waals surface area (Å²) in [5.74, 6) is 0. The van der Waals surface area contributed by atoms with Crippen LogP contribution >= 0.6 is 0 Å². The molecule has 0 radical (unpaired) electrons. The number of hydrogen-bond donors (Lipinski definition) is 1. The molecule has 132 valence electrons. The summed E-state index contributed by atoms with van der Waals surface area (Å²) in [5, 5.41) is 14.5. The monoisotopic (exact) mass is 362 g/mol. The predicted molar refractivity (Wildman–Crippen MR) is 91.6 cm³/mol. The molecule has 25 heavy (non-hydrogen) atoms. The number of nitrogens with zero attached hydrogens (tertiary/aromatic N) is 3. The highest BCUT2D eigenvalue weighted by Crippen LogP contribution is 2.33. The van der Waals surface area contributed by atoms with E-state index in [2.05, 4.69) is 10.3 Å². The second kappa shape index (κ2) is 6.87. The van der Waals surface area contributed by atoms with Crippen LogP contribution in [0, 0.1) is 17.0 Å². The van der Waals surface area contributed by atoms with E-state index in [4.69, 9.17) is 0 Å². The Morgan fingerprint density at radius 2 is 2.16 bits per heavy atom. The van der Waals surface area contributed by atoms with Crippen molar-refractivity contribution in [3.63, 3.8) is 0 Å². The lowest BCUT2D eigenvalue weighted by molar-refractivity contribution is -0.387. The fourth-order valence-electron chi connectivity index (χ4n) is 2.95. The minimum absolute atomic E-state index is 0.229. The van der Waals surface area contributed by atoms with Crippen molar-refractivity contribution in [3.05, 3.63) is 64.0 Å². The van der Waals surface area contributed by atoms with Crippen molar-refractivity contribution < 1.29 is 13.3 Å². The van der Waals surface area contributed by atoms with Crippen LogP contribution in [0.1, 0.15) is 17.2 Å². The third kappa shape index (κ3) is 3.39. The number of hydrogen-bond acceptors (Lipinski definition) is 6. The summed E-state index contributed by atoms with van der Waals surface area (Å²) in [5.41, 5.74) is 0.978. The van der Waals surface area contributed by atoms with Crippen LogP contribution < -0.4 is 5.32 Å². The summed E-state index contributed by atoms with van der Waals surface area (Å²) in [7, 11) is -4.03. The van der Waals surface area contributed by atoms with Crippen LogP contribution in [0.2, 0.25) is 0 Å². The molecule has 1 unspecified atom stereocenters. The number of nitro benzene ring substituents is 1. The van der Waals surface area contributed by atoms with Crippen molar-refractivity contribution in [2.45, 2.75) is 17.9 Å². The Balaban J connectivity index is 2.08. The first-order valence-electron chi connectivity index (χ1n) is 7.79. The summed E-state index contributed by atoms with van der Waals surface area (Å²) < 4.78 is 27.7. The molecule has 1 aliphatic rings. The van der Waals surface area contributed by atoms with Crippen molar-refractivity contribution in [2.75, 3.05) is 19.6 Å².